The van der Waals surface area contributed by atoms with E-state index in [0.717, 1.165) is 4.88 Å². The highest BCUT2D eigenvalue weighted by Crippen LogP contribution is 2.37. The first-order valence-corrected chi connectivity index (χ1v) is 7.29. The van der Waals surface area contributed by atoms with Crippen LogP contribution in [0.5, 0.6) is 0 Å². The Labute approximate surface area is 104 Å². The molecule has 0 amide bonds. The van der Waals surface area contributed by atoms with Crippen LogP contribution in [0, 0.1) is 13.8 Å². The third kappa shape index (κ3) is 2.01. The summed E-state index contributed by atoms with van der Waals surface area (Å²) in [6.45, 7) is 3.63. The van der Waals surface area contributed by atoms with Gasteiger partial charge >= 0.3 is 0 Å². The molecule has 7 heteroatoms. The zero-order valence-corrected chi connectivity index (χ0v) is 11.4. The van der Waals surface area contributed by atoms with E-state index in [2.05, 4.69) is 4.98 Å². The fraction of sp³-hybridized carbons (Fsp3) is 0.300. The summed E-state index contributed by atoms with van der Waals surface area (Å²) in [6, 6.07) is 0. The second-order valence-electron chi connectivity index (χ2n) is 3.83. The molecule has 0 saturated heterocycles. The molecule has 0 spiro atoms. The summed E-state index contributed by atoms with van der Waals surface area (Å²) in [5.74, 6) is 0.621. The predicted molar refractivity (Wildman–Crippen MR) is 67.4 cm³/mol. The van der Waals surface area contributed by atoms with E-state index in [1.54, 1.807) is 23.9 Å². The van der Waals surface area contributed by atoms with Crippen LogP contribution in [0.25, 0.3) is 11.4 Å². The van der Waals surface area contributed by atoms with Crippen LogP contribution in [-0.4, -0.2) is 18.0 Å². The van der Waals surface area contributed by atoms with Gasteiger partial charge in [0.15, 0.2) is 0 Å². The zero-order chi connectivity index (χ0) is 12.8. The van der Waals surface area contributed by atoms with Crippen molar-refractivity contribution in [3.63, 3.8) is 0 Å². The molecule has 2 aromatic rings. The van der Waals surface area contributed by atoms with E-state index in [4.69, 9.17) is 5.14 Å². The van der Waals surface area contributed by atoms with Gasteiger partial charge in [-0.1, -0.05) is 0 Å². The number of hydrogen-bond donors (Lipinski definition) is 1. The highest BCUT2D eigenvalue weighted by Gasteiger charge is 2.25. The molecule has 5 nitrogen and oxygen atoms in total. The fourth-order valence-corrected chi connectivity index (χ4v) is 4.29. The molecule has 2 N–H and O–H groups in total. The molecule has 0 atom stereocenters. The Morgan fingerprint density at radius 3 is 2.47 bits per heavy atom. The van der Waals surface area contributed by atoms with Crippen molar-refractivity contribution in [2.45, 2.75) is 18.7 Å². The lowest BCUT2D eigenvalue weighted by Gasteiger charge is -2.05. The molecule has 0 saturated carbocycles. The minimum absolute atomic E-state index is 0.189. The molecule has 17 heavy (non-hydrogen) atoms. The van der Waals surface area contributed by atoms with Crippen LogP contribution in [0.1, 0.15) is 9.75 Å². The van der Waals surface area contributed by atoms with Crippen LogP contribution in [-0.2, 0) is 17.1 Å². The van der Waals surface area contributed by atoms with Crippen LogP contribution in [0.3, 0.4) is 0 Å². The Balaban J connectivity index is 2.84. The molecule has 2 aromatic heterocycles. The van der Waals surface area contributed by atoms with Gasteiger partial charge in [0.05, 0.1) is 5.56 Å². The topological polar surface area (TPSA) is 78.0 Å². The molecule has 92 valence electrons. The fourth-order valence-electron chi connectivity index (χ4n) is 1.87. The lowest BCUT2D eigenvalue weighted by Crippen LogP contribution is -2.14. The van der Waals surface area contributed by atoms with E-state index >= 15 is 0 Å². The standard InChI is InChI=1S/C10H13N3O2S2/c1-6-8(10-12-4-5-13(10)3)9(7(2)16-6)17(11,14)15/h4-5H,1-3H3,(H2,11,14,15). The Bertz CT molecular complexity index is 668. The summed E-state index contributed by atoms with van der Waals surface area (Å²) in [4.78, 5) is 5.97. The van der Waals surface area contributed by atoms with Crippen molar-refractivity contribution < 1.29 is 8.42 Å². The molecule has 0 aliphatic rings. The number of nitrogens with zero attached hydrogens (tertiary/aromatic N) is 2. The number of aromatic nitrogens is 2. The summed E-state index contributed by atoms with van der Waals surface area (Å²) in [5, 5.41) is 5.27. The van der Waals surface area contributed by atoms with Gasteiger partial charge in [-0.2, -0.15) is 0 Å². The van der Waals surface area contributed by atoms with Gasteiger partial charge in [-0.25, -0.2) is 18.5 Å². The Morgan fingerprint density at radius 2 is 2.00 bits per heavy atom. The number of imidazole rings is 1. The van der Waals surface area contributed by atoms with Gasteiger partial charge in [0.1, 0.15) is 10.7 Å². The molecule has 0 bridgehead atoms. The summed E-state index contributed by atoms with van der Waals surface area (Å²) in [6.07, 6.45) is 3.41. The second kappa shape index (κ2) is 3.94. The largest absolute Gasteiger partial charge is 0.334 e. The lowest BCUT2D eigenvalue weighted by molar-refractivity contribution is 0.598. The molecule has 0 unspecified atom stereocenters. The Hall–Kier alpha value is -1.18. The average molecular weight is 271 g/mol. The number of rotatable bonds is 2. The first-order valence-electron chi connectivity index (χ1n) is 4.93. The number of nitrogens with two attached hydrogens (primary N) is 1. The van der Waals surface area contributed by atoms with Crippen LogP contribution in [0.2, 0.25) is 0 Å². The van der Waals surface area contributed by atoms with E-state index in [-0.39, 0.29) is 4.90 Å². The average Bonchev–Trinajstić information content (AvgIpc) is 2.68. The van der Waals surface area contributed by atoms with Crippen LogP contribution in [0.15, 0.2) is 17.3 Å². The van der Waals surface area contributed by atoms with Crippen molar-refractivity contribution in [3.05, 3.63) is 22.1 Å². The maximum absolute atomic E-state index is 11.6. The monoisotopic (exact) mass is 271 g/mol. The molecular weight excluding hydrogens is 258 g/mol. The normalized spacial score (nSPS) is 12.0. The van der Waals surface area contributed by atoms with Crippen LogP contribution < -0.4 is 5.14 Å². The molecule has 0 fully saturated rings. The summed E-state index contributed by atoms with van der Waals surface area (Å²) in [5.41, 5.74) is 0.613. The number of thiophene rings is 1. The number of primary sulfonamides is 1. The maximum atomic E-state index is 11.6. The van der Waals surface area contributed by atoms with Gasteiger partial charge in [-0.15, -0.1) is 11.3 Å². The third-order valence-corrected chi connectivity index (χ3v) is 4.76. The SMILES string of the molecule is Cc1sc(C)c(S(N)(=O)=O)c1-c1nccn1C. The molecule has 0 aliphatic heterocycles. The highest BCUT2D eigenvalue weighted by molar-refractivity contribution is 7.89. The van der Waals surface area contributed by atoms with E-state index in [1.165, 1.54) is 11.3 Å². The van der Waals surface area contributed by atoms with Crippen molar-refractivity contribution in [2.24, 2.45) is 12.2 Å². The van der Waals surface area contributed by atoms with E-state index in [0.29, 0.717) is 16.3 Å². The van der Waals surface area contributed by atoms with Gasteiger partial charge in [-0.05, 0) is 13.8 Å². The van der Waals surface area contributed by atoms with Gasteiger partial charge in [-0.3, -0.25) is 0 Å². The minimum atomic E-state index is -3.73. The Morgan fingerprint density at radius 1 is 1.35 bits per heavy atom. The minimum Gasteiger partial charge on any atom is -0.334 e. The number of hydrogen-bond acceptors (Lipinski definition) is 4. The molecular formula is C10H13N3O2S2. The van der Waals surface area contributed by atoms with Crippen molar-refractivity contribution in [1.29, 1.82) is 0 Å². The molecule has 0 radical (unpaired) electrons. The summed E-state index contributed by atoms with van der Waals surface area (Å²) in [7, 11) is -1.91. The van der Waals surface area contributed by atoms with Gasteiger partial charge in [0, 0.05) is 29.2 Å². The molecule has 2 heterocycles. The first kappa shape index (κ1) is 12.3. The van der Waals surface area contributed by atoms with Crippen LogP contribution >= 0.6 is 11.3 Å². The Kier molecular flexibility index (Phi) is 2.84. The molecule has 0 aliphatic carbocycles. The zero-order valence-electron chi connectivity index (χ0n) is 9.76. The van der Waals surface area contributed by atoms with Gasteiger partial charge in [0.25, 0.3) is 0 Å². The van der Waals surface area contributed by atoms with Crippen molar-refractivity contribution >= 4 is 21.4 Å². The lowest BCUT2D eigenvalue weighted by atomic mass is 10.2. The second-order valence-corrected chi connectivity index (χ2v) is 6.75. The van der Waals surface area contributed by atoms with Gasteiger partial charge in [0.2, 0.25) is 10.0 Å². The van der Waals surface area contributed by atoms with E-state index < -0.39 is 10.0 Å². The number of aryl methyl sites for hydroxylation is 3. The summed E-state index contributed by atoms with van der Waals surface area (Å²) >= 11 is 1.42. The summed E-state index contributed by atoms with van der Waals surface area (Å²) < 4.78 is 25.1. The molecule has 2 rings (SSSR count). The third-order valence-electron chi connectivity index (χ3n) is 2.53. The van der Waals surface area contributed by atoms with E-state index in [1.807, 2.05) is 14.0 Å². The highest BCUT2D eigenvalue weighted by atomic mass is 32.2. The first-order chi connectivity index (χ1) is 7.82. The van der Waals surface area contributed by atoms with Crippen LogP contribution in [0.4, 0.5) is 0 Å². The van der Waals surface area contributed by atoms with Gasteiger partial charge < -0.3 is 4.57 Å². The van der Waals surface area contributed by atoms with Crippen molar-refractivity contribution in [3.8, 4) is 11.4 Å². The maximum Gasteiger partial charge on any atom is 0.239 e. The number of sulfonamides is 1. The van der Waals surface area contributed by atoms with E-state index in [9.17, 15) is 8.42 Å². The predicted octanol–water partition coefficient (Wildman–Crippen LogP) is 1.41. The van der Waals surface area contributed by atoms with Crippen molar-refractivity contribution in [2.75, 3.05) is 0 Å². The quantitative estimate of drug-likeness (QED) is 0.897. The smallest absolute Gasteiger partial charge is 0.239 e. The van der Waals surface area contributed by atoms with Crippen molar-refractivity contribution in [1.82, 2.24) is 9.55 Å². The molecule has 0 aromatic carbocycles.